The maximum absolute atomic E-state index is 9.12. The molecule has 3 nitrogen and oxygen atoms in total. The Morgan fingerprint density at radius 1 is 1.38 bits per heavy atom. The average molecular weight is 228 g/mol. The lowest BCUT2D eigenvalue weighted by molar-refractivity contribution is 0.172. The molecular formula is C13H28N2O. The smallest absolute Gasteiger partial charge is 0.0446 e. The molecule has 1 saturated carbocycles. The molecule has 0 radical (unpaired) electrons. The van der Waals surface area contributed by atoms with Crippen LogP contribution in [0.1, 0.15) is 52.9 Å². The summed E-state index contributed by atoms with van der Waals surface area (Å²) in [6.07, 6.45) is 5.53. The highest BCUT2D eigenvalue weighted by Crippen LogP contribution is 2.25. The summed E-state index contributed by atoms with van der Waals surface area (Å²) in [5.41, 5.74) is 6.19. The summed E-state index contributed by atoms with van der Waals surface area (Å²) in [7, 11) is 0. The van der Waals surface area contributed by atoms with E-state index in [0.29, 0.717) is 18.1 Å². The molecule has 0 heterocycles. The van der Waals surface area contributed by atoms with Gasteiger partial charge in [0.15, 0.2) is 0 Å². The minimum atomic E-state index is 0.199. The maximum atomic E-state index is 9.12. The van der Waals surface area contributed by atoms with Crippen LogP contribution in [0, 0.1) is 5.41 Å². The van der Waals surface area contributed by atoms with E-state index in [4.69, 9.17) is 10.8 Å². The van der Waals surface area contributed by atoms with Gasteiger partial charge in [0.2, 0.25) is 0 Å². The first-order valence-corrected chi connectivity index (χ1v) is 6.56. The van der Waals surface area contributed by atoms with E-state index in [1.807, 2.05) is 0 Å². The van der Waals surface area contributed by atoms with Gasteiger partial charge in [0, 0.05) is 24.7 Å². The monoisotopic (exact) mass is 228 g/mol. The van der Waals surface area contributed by atoms with Gasteiger partial charge in [-0.1, -0.05) is 27.2 Å². The van der Waals surface area contributed by atoms with Crippen LogP contribution in [-0.4, -0.2) is 29.8 Å². The van der Waals surface area contributed by atoms with Crippen molar-refractivity contribution in [3.8, 4) is 0 Å². The number of rotatable bonds is 4. The van der Waals surface area contributed by atoms with E-state index in [1.54, 1.807) is 0 Å². The Bertz CT molecular complexity index is 201. The van der Waals surface area contributed by atoms with Crippen LogP contribution in [0.4, 0.5) is 0 Å². The number of hydrogen-bond donors (Lipinski definition) is 3. The Morgan fingerprint density at radius 3 is 2.56 bits per heavy atom. The molecule has 1 aliphatic carbocycles. The van der Waals surface area contributed by atoms with Gasteiger partial charge in [-0.3, -0.25) is 0 Å². The Hall–Kier alpha value is -0.120. The van der Waals surface area contributed by atoms with Gasteiger partial charge in [-0.2, -0.15) is 0 Å². The zero-order valence-corrected chi connectivity index (χ0v) is 11.0. The lowest BCUT2D eigenvalue weighted by Gasteiger charge is -2.37. The van der Waals surface area contributed by atoms with Gasteiger partial charge in [0.1, 0.15) is 0 Å². The molecule has 1 rings (SSSR count). The molecule has 4 N–H and O–H groups in total. The van der Waals surface area contributed by atoms with Crippen molar-refractivity contribution in [2.75, 3.05) is 6.61 Å². The van der Waals surface area contributed by atoms with Crippen molar-refractivity contribution in [1.82, 2.24) is 5.32 Å². The summed E-state index contributed by atoms with van der Waals surface area (Å²) in [5, 5.41) is 12.8. The molecule has 0 bridgehead atoms. The van der Waals surface area contributed by atoms with Crippen molar-refractivity contribution in [2.45, 2.75) is 71.0 Å². The SMILES string of the molecule is CC(C)(C)C(CCO)NC1CCCC(N)C1. The van der Waals surface area contributed by atoms with E-state index < -0.39 is 0 Å². The van der Waals surface area contributed by atoms with Crippen molar-refractivity contribution in [2.24, 2.45) is 11.1 Å². The first-order valence-electron chi connectivity index (χ1n) is 6.56. The van der Waals surface area contributed by atoms with Gasteiger partial charge < -0.3 is 16.2 Å². The average Bonchev–Trinajstić information content (AvgIpc) is 2.16. The number of nitrogens with one attached hydrogen (secondary N) is 1. The lowest BCUT2D eigenvalue weighted by atomic mass is 9.82. The van der Waals surface area contributed by atoms with Crippen LogP contribution in [0.5, 0.6) is 0 Å². The van der Waals surface area contributed by atoms with Crippen LogP contribution in [0.3, 0.4) is 0 Å². The maximum Gasteiger partial charge on any atom is 0.0446 e. The first-order chi connectivity index (χ1) is 7.43. The van der Waals surface area contributed by atoms with Crippen molar-refractivity contribution >= 4 is 0 Å². The van der Waals surface area contributed by atoms with Crippen molar-refractivity contribution in [3.63, 3.8) is 0 Å². The molecule has 0 aliphatic heterocycles. The summed E-state index contributed by atoms with van der Waals surface area (Å²) >= 11 is 0. The van der Waals surface area contributed by atoms with Crippen LogP contribution >= 0.6 is 0 Å². The number of aliphatic hydroxyl groups is 1. The number of hydrogen-bond acceptors (Lipinski definition) is 3. The number of aliphatic hydroxyl groups excluding tert-OH is 1. The van der Waals surface area contributed by atoms with Gasteiger partial charge in [0.05, 0.1) is 0 Å². The minimum absolute atomic E-state index is 0.199. The fourth-order valence-electron chi connectivity index (χ4n) is 2.56. The first kappa shape index (κ1) is 13.9. The Labute approximate surface area is 99.8 Å². The van der Waals surface area contributed by atoms with Crippen LogP contribution < -0.4 is 11.1 Å². The minimum Gasteiger partial charge on any atom is -0.396 e. The van der Waals surface area contributed by atoms with Crippen molar-refractivity contribution < 1.29 is 5.11 Å². The molecule has 1 fully saturated rings. The molecule has 0 amide bonds. The van der Waals surface area contributed by atoms with Crippen LogP contribution in [0.25, 0.3) is 0 Å². The van der Waals surface area contributed by atoms with Crippen LogP contribution in [0.15, 0.2) is 0 Å². The molecule has 0 aromatic rings. The molecule has 3 unspecified atom stereocenters. The van der Waals surface area contributed by atoms with E-state index in [2.05, 4.69) is 26.1 Å². The fraction of sp³-hybridized carbons (Fsp3) is 1.00. The van der Waals surface area contributed by atoms with E-state index in [1.165, 1.54) is 19.3 Å². The van der Waals surface area contributed by atoms with Gasteiger partial charge in [-0.05, 0) is 31.1 Å². The topological polar surface area (TPSA) is 58.3 Å². The molecule has 3 atom stereocenters. The third-order valence-electron chi connectivity index (χ3n) is 3.61. The van der Waals surface area contributed by atoms with E-state index >= 15 is 0 Å². The Kier molecular flexibility index (Phi) is 5.22. The van der Waals surface area contributed by atoms with Crippen molar-refractivity contribution in [3.05, 3.63) is 0 Å². The normalized spacial score (nSPS) is 29.1. The molecular weight excluding hydrogens is 200 g/mol. The molecule has 3 heteroatoms. The van der Waals surface area contributed by atoms with Crippen LogP contribution in [0.2, 0.25) is 0 Å². The second-order valence-electron chi connectivity index (χ2n) is 6.22. The summed E-state index contributed by atoms with van der Waals surface area (Å²) in [5.74, 6) is 0. The summed E-state index contributed by atoms with van der Waals surface area (Å²) in [6, 6.07) is 1.29. The highest BCUT2D eigenvalue weighted by molar-refractivity contribution is 4.87. The third-order valence-corrected chi connectivity index (χ3v) is 3.61. The molecule has 0 spiro atoms. The molecule has 0 saturated heterocycles. The highest BCUT2D eigenvalue weighted by atomic mass is 16.3. The zero-order chi connectivity index (χ0) is 12.2. The standard InChI is InChI=1S/C13H28N2O/c1-13(2,3)12(7-8-16)15-11-6-4-5-10(14)9-11/h10-12,15-16H,4-9,14H2,1-3H3. The largest absolute Gasteiger partial charge is 0.396 e. The molecule has 0 aromatic carbocycles. The zero-order valence-electron chi connectivity index (χ0n) is 11.0. The van der Waals surface area contributed by atoms with E-state index in [-0.39, 0.29) is 12.0 Å². The Morgan fingerprint density at radius 2 is 2.06 bits per heavy atom. The molecule has 1 aliphatic rings. The van der Waals surface area contributed by atoms with E-state index in [9.17, 15) is 0 Å². The predicted octanol–water partition coefficient (Wildman–Crippen LogP) is 1.64. The van der Waals surface area contributed by atoms with Gasteiger partial charge in [0.25, 0.3) is 0 Å². The lowest BCUT2D eigenvalue weighted by Crippen LogP contribution is -2.49. The molecule has 0 aromatic heterocycles. The second-order valence-corrected chi connectivity index (χ2v) is 6.22. The van der Waals surface area contributed by atoms with E-state index in [0.717, 1.165) is 12.8 Å². The molecule has 96 valence electrons. The van der Waals surface area contributed by atoms with Gasteiger partial charge >= 0.3 is 0 Å². The Balaban J connectivity index is 2.47. The summed E-state index contributed by atoms with van der Waals surface area (Å²) in [6.45, 7) is 6.93. The van der Waals surface area contributed by atoms with Gasteiger partial charge in [-0.15, -0.1) is 0 Å². The molecule has 16 heavy (non-hydrogen) atoms. The third kappa shape index (κ3) is 4.40. The van der Waals surface area contributed by atoms with Crippen LogP contribution in [-0.2, 0) is 0 Å². The quantitative estimate of drug-likeness (QED) is 0.685. The summed E-state index contributed by atoms with van der Waals surface area (Å²) in [4.78, 5) is 0. The second kappa shape index (κ2) is 5.99. The fourth-order valence-corrected chi connectivity index (χ4v) is 2.56. The van der Waals surface area contributed by atoms with Gasteiger partial charge in [-0.25, -0.2) is 0 Å². The highest BCUT2D eigenvalue weighted by Gasteiger charge is 2.28. The van der Waals surface area contributed by atoms with Crippen molar-refractivity contribution in [1.29, 1.82) is 0 Å². The summed E-state index contributed by atoms with van der Waals surface area (Å²) < 4.78 is 0. The predicted molar refractivity (Wildman–Crippen MR) is 68.3 cm³/mol. The number of nitrogens with two attached hydrogens (primary N) is 1.